The molecule has 0 saturated carbocycles. The minimum Gasteiger partial charge on any atom is -0.385 e. The molecule has 7 heteroatoms. The molecule has 0 spiro atoms. The van der Waals surface area contributed by atoms with Gasteiger partial charge in [0, 0.05) is 40.9 Å². The van der Waals surface area contributed by atoms with Crippen molar-refractivity contribution >= 4 is 10.0 Å². The van der Waals surface area contributed by atoms with Gasteiger partial charge < -0.3 is 9.47 Å². The van der Waals surface area contributed by atoms with Gasteiger partial charge in [0.1, 0.15) is 0 Å². The van der Waals surface area contributed by atoms with Gasteiger partial charge in [-0.25, -0.2) is 12.7 Å². The van der Waals surface area contributed by atoms with Crippen LogP contribution in [0.25, 0.3) is 0 Å². The second-order valence-electron chi connectivity index (χ2n) is 5.03. The van der Waals surface area contributed by atoms with E-state index in [-0.39, 0.29) is 11.9 Å². The highest BCUT2D eigenvalue weighted by atomic mass is 32.2. The third-order valence-electron chi connectivity index (χ3n) is 3.30. The molecule has 6 nitrogen and oxygen atoms in total. The molecule has 1 aliphatic rings. The molecule has 1 atom stereocenters. The molecule has 0 aromatic carbocycles. The number of hydrogen-bond acceptors (Lipinski definition) is 5. The normalized spacial score (nSPS) is 22.0. The topological polar surface area (TPSA) is 59.1 Å². The standard InChI is InChI=1S/C12H26N2O4S/c1-13(2)19(15,16)10-4-6-14-7-9-18-12(11-14)5-8-17-3/h12H,4-11H2,1-3H3. The van der Waals surface area contributed by atoms with E-state index < -0.39 is 10.0 Å². The van der Waals surface area contributed by atoms with E-state index in [4.69, 9.17) is 9.47 Å². The Bertz CT molecular complexity index is 346. The highest BCUT2D eigenvalue weighted by Gasteiger charge is 2.21. The van der Waals surface area contributed by atoms with E-state index in [9.17, 15) is 8.42 Å². The van der Waals surface area contributed by atoms with E-state index in [1.807, 2.05) is 0 Å². The molecule has 1 saturated heterocycles. The van der Waals surface area contributed by atoms with Crippen molar-refractivity contribution in [1.82, 2.24) is 9.21 Å². The molecule has 1 heterocycles. The summed E-state index contributed by atoms with van der Waals surface area (Å²) in [6.07, 6.45) is 1.76. The average Bonchev–Trinajstić information content (AvgIpc) is 2.36. The van der Waals surface area contributed by atoms with Crippen LogP contribution in [0.5, 0.6) is 0 Å². The number of morpholine rings is 1. The highest BCUT2D eigenvalue weighted by molar-refractivity contribution is 7.89. The van der Waals surface area contributed by atoms with Crippen molar-refractivity contribution in [1.29, 1.82) is 0 Å². The molecule has 1 unspecified atom stereocenters. The lowest BCUT2D eigenvalue weighted by atomic mass is 10.2. The molecule has 0 bridgehead atoms. The molecule has 1 aliphatic heterocycles. The van der Waals surface area contributed by atoms with Crippen molar-refractivity contribution < 1.29 is 17.9 Å². The van der Waals surface area contributed by atoms with Crippen LogP contribution in [0, 0.1) is 0 Å². The lowest BCUT2D eigenvalue weighted by Gasteiger charge is -2.32. The van der Waals surface area contributed by atoms with Crippen LogP contribution in [-0.2, 0) is 19.5 Å². The number of hydrogen-bond donors (Lipinski definition) is 0. The summed E-state index contributed by atoms with van der Waals surface area (Å²) in [4.78, 5) is 2.27. The smallest absolute Gasteiger partial charge is 0.213 e. The predicted molar refractivity (Wildman–Crippen MR) is 74.8 cm³/mol. The lowest BCUT2D eigenvalue weighted by Crippen LogP contribution is -2.43. The molecular formula is C12H26N2O4S. The Kier molecular flexibility index (Phi) is 7.23. The first-order valence-corrected chi connectivity index (χ1v) is 8.29. The molecule has 0 amide bonds. The Morgan fingerprint density at radius 1 is 1.42 bits per heavy atom. The van der Waals surface area contributed by atoms with E-state index in [1.165, 1.54) is 4.31 Å². The first-order chi connectivity index (χ1) is 8.95. The summed E-state index contributed by atoms with van der Waals surface area (Å²) < 4.78 is 35.3. The number of sulfonamides is 1. The maximum absolute atomic E-state index is 11.6. The summed E-state index contributed by atoms with van der Waals surface area (Å²) in [6, 6.07) is 0. The summed E-state index contributed by atoms with van der Waals surface area (Å²) in [5.74, 6) is 0.208. The summed E-state index contributed by atoms with van der Waals surface area (Å²) in [7, 11) is 1.76. The van der Waals surface area contributed by atoms with Crippen molar-refractivity contribution in [2.45, 2.75) is 18.9 Å². The maximum Gasteiger partial charge on any atom is 0.213 e. The van der Waals surface area contributed by atoms with Gasteiger partial charge in [-0.3, -0.25) is 4.90 Å². The second-order valence-corrected chi connectivity index (χ2v) is 7.33. The van der Waals surface area contributed by atoms with Crippen LogP contribution in [0.2, 0.25) is 0 Å². The molecule has 19 heavy (non-hydrogen) atoms. The van der Waals surface area contributed by atoms with Crippen LogP contribution >= 0.6 is 0 Å². The van der Waals surface area contributed by atoms with Gasteiger partial charge in [0.2, 0.25) is 10.0 Å². The van der Waals surface area contributed by atoms with Crippen molar-refractivity contribution in [2.24, 2.45) is 0 Å². The third kappa shape index (κ3) is 6.18. The Labute approximate surface area is 116 Å². The predicted octanol–water partition coefficient (Wildman–Crippen LogP) is 0.00520. The molecule has 1 fully saturated rings. The fourth-order valence-corrected chi connectivity index (χ4v) is 2.92. The third-order valence-corrected chi connectivity index (χ3v) is 5.22. The zero-order valence-electron chi connectivity index (χ0n) is 12.2. The second kappa shape index (κ2) is 8.16. The maximum atomic E-state index is 11.6. The summed E-state index contributed by atoms with van der Waals surface area (Å²) in [5.41, 5.74) is 0. The summed E-state index contributed by atoms with van der Waals surface area (Å²) >= 11 is 0. The number of rotatable bonds is 8. The molecule has 114 valence electrons. The molecule has 0 N–H and O–H groups in total. The van der Waals surface area contributed by atoms with E-state index in [0.29, 0.717) is 13.0 Å². The van der Waals surface area contributed by atoms with Gasteiger partial charge >= 0.3 is 0 Å². The summed E-state index contributed by atoms with van der Waals surface area (Å²) in [6.45, 7) is 3.97. The number of methoxy groups -OCH3 is 1. The van der Waals surface area contributed by atoms with Crippen molar-refractivity contribution in [3.8, 4) is 0 Å². The zero-order valence-corrected chi connectivity index (χ0v) is 13.0. The SMILES string of the molecule is COCCC1CN(CCCS(=O)(=O)N(C)C)CCO1. The van der Waals surface area contributed by atoms with Crippen LogP contribution in [0.3, 0.4) is 0 Å². The molecule has 0 aromatic rings. The van der Waals surface area contributed by atoms with Gasteiger partial charge in [0.05, 0.1) is 18.5 Å². The van der Waals surface area contributed by atoms with Gasteiger partial charge in [0.25, 0.3) is 0 Å². The van der Waals surface area contributed by atoms with E-state index in [2.05, 4.69) is 4.90 Å². The minimum atomic E-state index is -3.07. The molecule has 0 aliphatic carbocycles. The van der Waals surface area contributed by atoms with Crippen LogP contribution in [0.1, 0.15) is 12.8 Å². The first kappa shape index (κ1) is 16.8. The Morgan fingerprint density at radius 2 is 2.16 bits per heavy atom. The van der Waals surface area contributed by atoms with Crippen LogP contribution in [0.4, 0.5) is 0 Å². The molecule has 1 rings (SSSR count). The Morgan fingerprint density at radius 3 is 2.79 bits per heavy atom. The van der Waals surface area contributed by atoms with Crippen LogP contribution in [0.15, 0.2) is 0 Å². The molecule has 0 radical (unpaired) electrons. The minimum absolute atomic E-state index is 0.208. The van der Waals surface area contributed by atoms with Crippen molar-refractivity contribution in [3.63, 3.8) is 0 Å². The lowest BCUT2D eigenvalue weighted by molar-refractivity contribution is -0.0404. The largest absolute Gasteiger partial charge is 0.385 e. The van der Waals surface area contributed by atoms with Gasteiger partial charge in [-0.1, -0.05) is 0 Å². The van der Waals surface area contributed by atoms with Gasteiger partial charge in [-0.15, -0.1) is 0 Å². The quantitative estimate of drug-likeness (QED) is 0.631. The average molecular weight is 294 g/mol. The van der Waals surface area contributed by atoms with Gasteiger partial charge in [-0.05, 0) is 19.4 Å². The van der Waals surface area contributed by atoms with Gasteiger partial charge in [0.15, 0.2) is 0 Å². The first-order valence-electron chi connectivity index (χ1n) is 6.69. The highest BCUT2D eigenvalue weighted by Crippen LogP contribution is 2.09. The fraction of sp³-hybridized carbons (Fsp3) is 1.00. The van der Waals surface area contributed by atoms with Crippen molar-refractivity contribution in [2.75, 3.05) is 59.8 Å². The van der Waals surface area contributed by atoms with E-state index in [1.54, 1.807) is 21.2 Å². The molecule has 0 aromatic heterocycles. The van der Waals surface area contributed by atoms with Crippen LogP contribution < -0.4 is 0 Å². The Balaban J connectivity index is 2.26. The zero-order chi connectivity index (χ0) is 14.3. The number of nitrogens with zero attached hydrogens (tertiary/aromatic N) is 2. The van der Waals surface area contributed by atoms with E-state index in [0.717, 1.165) is 32.7 Å². The van der Waals surface area contributed by atoms with Crippen molar-refractivity contribution in [3.05, 3.63) is 0 Å². The number of ether oxygens (including phenoxy) is 2. The molecular weight excluding hydrogens is 268 g/mol. The van der Waals surface area contributed by atoms with E-state index >= 15 is 0 Å². The summed E-state index contributed by atoms with van der Waals surface area (Å²) in [5, 5.41) is 0. The monoisotopic (exact) mass is 294 g/mol. The van der Waals surface area contributed by atoms with Crippen LogP contribution in [-0.4, -0.2) is 83.5 Å². The fourth-order valence-electron chi connectivity index (χ4n) is 2.06. The van der Waals surface area contributed by atoms with Gasteiger partial charge in [-0.2, -0.15) is 0 Å². The Hall–Kier alpha value is -0.210.